The summed E-state index contributed by atoms with van der Waals surface area (Å²) in [4.78, 5) is 23.7. The van der Waals surface area contributed by atoms with Crippen LogP contribution in [0.4, 0.5) is 0 Å². The van der Waals surface area contributed by atoms with E-state index in [9.17, 15) is 9.59 Å². The highest BCUT2D eigenvalue weighted by Gasteiger charge is 2.21. The summed E-state index contributed by atoms with van der Waals surface area (Å²) in [6.45, 7) is 0. The van der Waals surface area contributed by atoms with E-state index in [4.69, 9.17) is 4.74 Å². The number of esters is 1. The van der Waals surface area contributed by atoms with E-state index in [1.165, 1.54) is 35.2 Å². The molecule has 0 bridgehead atoms. The minimum Gasteiger partial charge on any atom is -0.468 e. The topological polar surface area (TPSA) is 43.4 Å². The Kier molecular flexibility index (Phi) is 4.29. The van der Waals surface area contributed by atoms with E-state index in [0.29, 0.717) is 6.42 Å². The zero-order valence-corrected chi connectivity index (χ0v) is 13.1. The van der Waals surface area contributed by atoms with Crippen LogP contribution in [-0.4, -0.2) is 25.1 Å². The Morgan fingerprint density at radius 1 is 1.23 bits per heavy atom. The molecule has 0 radical (unpaired) electrons. The minimum atomic E-state index is -0.282. The first-order chi connectivity index (χ1) is 10.7. The highest BCUT2D eigenvalue weighted by atomic mass is 32.2. The minimum absolute atomic E-state index is 0.218. The second-order valence-electron chi connectivity index (χ2n) is 5.15. The van der Waals surface area contributed by atoms with Gasteiger partial charge in [0.25, 0.3) is 0 Å². The Hall–Kier alpha value is -2.07. The third-order valence-corrected chi connectivity index (χ3v) is 5.08. The predicted molar refractivity (Wildman–Crippen MR) is 89.7 cm³/mol. The summed E-state index contributed by atoms with van der Waals surface area (Å²) in [5.74, 6) is -0.0641. The van der Waals surface area contributed by atoms with Gasteiger partial charge in [-0.25, -0.2) is 0 Å². The van der Waals surface area contributed by atoms with E-state index >= 15 is 0 Å². The van der Waals surface area contributed by atoms with Gasteiger partial charge in [0.15, 0.2) is 0 Å². The lowest BCUT2D eigenvalue weighted by molar-refractivity contribution is -0.137. The zero-order chi connectivity index (χ0) is 15.5. The molecular weight excluding hydrogens is 296 g/mol. The number of carbonyl (C=O) groups is 2. The highest BCUT2D eigenvalue weighted by molar-refractivity contribution is 8.08. The lowest BCUT2D eigenvalue weighted by Crippen LogP contribution is -2.08. The number of methoxy groups -OCH3 is 1. The van der Waals surface area contributed by atoms with Crippen LogP contribution in [0.5, 0.6) is 0 Å². The molecule has 0 aromatic heterocycles. The number of benzene rings is 2. The Balaban J connectivity index is 2.08. The van der Waals surface area contributed by atoms with E-state index in [-0.39, 0.29) is 11.7 Å². The van der Waals surface area contributed by atoms with Gasteiger partial charge >= 0.3 is 5.97 Å². The average Bonchev–Trinajstić information content (AvgIpc) is 2.58. The summed E-state index contributed by atoms with van der Waals surface area (Å²) in [6, 6.07) is 12.4. The molecule has 0 amide bonds. The van der Waals surface area contributed by atoms with Crippen LogP contribution < -0.4 is 0 Å². The number of thioether (sulfide) groups is 1. The van der Waals surface area contributed by atoms with Crippen molar-refractivity contribution in [2.45, 2.75) is 12.8 Å². The maximum Gasteiger partial charge on any atom is 0.315 e. The van der Waals surface area contributed by atoms with Gasteiger partial charge in [-0.3, -0.25) is 9.59 Å². The lowest BCUT2D eigenvalue weighted by atomic mass is 9.88. The molecule has 0 fully saturated rings. The summed E-state index contributed by atoms with van der Waals surface area (Å²) >= 11 is 1.39. The van der Waals surface area contributed by atoms with Crippen molar-refractivity contribution in [1.29, 1.82) is 0 Å². The van der Waals surface area contributed by atoms with Crippen LogP contribution >= 0.6 is 11.8 Å². The standard InChI is InChI=1S/C18H16O3S/c1-21-17(20)11-22-18-13(10-19)7-8-15-14-5-3-2-4-12(14)6-9-16(15)18/h2-6,9-10H,7-8,11H2,1H3. The van der Waals surface area contributed by atoms with E-state index < -0.39 is 0 Å². The van der Waals surface area contributed by atoms with Crippen molar-refractivity contribution in [1.82, 2.24) is 0 Å². The van der Waals surface area contributed by atoms with Crippen LogP contribution in [0.3, 0.4) is 0 Å². The molecule has 112 valence electrons. The molecule has 0 saturated heterocycles. The summed E-state index contributed by atoms with van der Waals surface area (Å²) in [7, 11) is 1.38. The normalized spacial score (nSPS) is 13.9. The fourth-order valence-corrected chi connectivity index (χ4v) is 3.90. The number of aldehydes is 1. The monoisotopic (exact) mass is 312 g/mol. The maximum atomic E-state index is 11.4. The van der Waals surface area contributed by atoms with Gasteiger partial charge in [0.2, 0.25) is 0 Å². The van der Waals surface area contributed by atoms with Crippen molar-refractivity contribution in [3.63, 3.8) is 0 Å². The first-order valence-corrected chi connectivity index (χ1v) is 8.12. The molecule has 4 heteroatoms. The number of fused-ring (bicyclic) bond motifs is 3. The molecule has 0 heterocycles. The summed E-state index contributed by atoms with van der Waals surface area (Å²) in [5, 5.41) is 2.43. The van der Waals surface area contributed by atoms with Crippen molar-refractivity contribution >= 4 is 39.7 Å². The number of carbonyl (C=O) groups excluding carboxylic acids is 2. The Bertz CT molecular complexity index is 777. The van der Waals surface area contributed by atoms with Crippen molar-refractivity contribution in [3.05, 3.63) is 53.1 Å². The molecule has 2 aromatic carbocycles. The number of rotatable bonds is 4. The second kappa shape index (κ2) is 6.36. The number of ether oxygens (including phenoxy) is 1. The van der Waals surface area contributed by atoms with E-state index in [2.05, 4.69) is 24.3 Å². The van der Waals surface area contributed by atoms with Gasteiger partial charge in [-0.15, -0.1) is 11.8 Å². The van der Waals surface area contributed by atoms with Crippen LogP contribution in [0.2, 0.25) is 0 Å². The fraction of sp³-hybridized carbons (Fsp3) is 0.222. The first kappa shape index (κ1) is 14.9. The predicted octanol–water partition coefficient (Wildman–Crippen LogP) is 3.60. The average molecular weight is 312 g/mol. The van der Waals surface area contributed by atoms with Gasteiger partial charge in [0.1, 0.15) is 6.29 Å². The van der Waals surface area contributed by atoms with E-state index in [1.807, 2.05) is 12.1 Å². The second-order valence-corrected chi connectivity index (χ2v) is 6.14. The van der Waals surface area contributed by atoms with Crippen LogP contribution in [0, 0.1) is 0 Å². The number of allylic oxidation sites excluding steroid dienone is 1. The Morgan fingerprint density at radius 2 is 2.05 bits per heavy atom. The molecule has 3 nitrogen and oxygen atoms in total. The molecule has 22 heavy (non-hydrogen) atoms. The number of aryl methyl sites for hydroxylation is 1. The lowest BCUT2D eigenvalue weighted by Gasteiger charge is -2.22. The molecule has 0 atom stereocenters. The van der Waals surface area contributed by atoms with E-state index in [1.54, 1.807) is 0 Å². The molecule has 1 aliphatic rings. The van der Waals surface area contributed by atoms with Crippen molar-refractivity contribution in [2.24, 2.45) is 0 Å². The maximum absolute atomic E-state index is 11.4. The molecule has 3 rings (SSSR count). The van der Waals surface area contributed by atoms with Gasteiger partial charge in [-0.05, 0) is 34.7 Å². The van der Waals surface area contributed by atoms with Crippen LogP contribution in [0.25, 0.3) is 15.7 Å². The molecule has 0 unspecified atom stereocenters. The summed E-state index contributed by atoms with van der Waals surface area (Å²) < 4.78 is 4.70. The Labute approximate surface area is 133 Å². The third kappa shape index (κ3) is 2.66. The third-order valence-electron chi connectivity index (χ3n) is 3.93. The Morgan fingerprint density at radius 3 is 2.82 bits per heavy atom. The van der Waals surface area contributed by atoms with E-state index in [0.717, 1.165) is 28.7 Å². The van der Waals surface area contributed by atoms with Crippen LogP contribution in [0.1, 0.15) is 17.5 Å². The SMILES string of the molecule is COC(=O)CSC1=C(C=O)CCc2c1ccc1ccccc21. The quantitative estimate of drug-likeness (QED) is 0.639. The van der Waals surface area contributed by atoms with Crippen LogP contribution in [-0.2, 0) is 20.7 Å². The zero-order valence-electron chi connectivity index (χ0n) is 12.3. The molecule has 2 aromatic rings. The van der Waals surface area contributed by atoms with Crippen molar-refractivity contribution in [3.8, 4) is 0 Å². The van der Waals surface area contributed by atoms with Gasteiger partial charge in [-0.2, -0.15) is 0 Å². The van der Waals surface area contributed by atoms with Crippen LogP contribution in [0.15, 0.2) is 42.0 Å². The number of hydrogen-bond acceptors (Lipinski definition) is 4. The van der Waals surface area contributed by atoms with Gasteiger partial charge in [0, 0.05) is 10.5 Å². The molecule has 0 N–H and O–H groups in total. The molecule has 0 saturated carbocycles. The molecule has 0 spiro atoms. The first-order valence-electron chi connectivity index (χ1n) is 7.13. The highest BCUT2D eigenvalue weighted by Crippen LogP contribution is 2.40. The van der Waals surface area contributed by atoms with Crippen molar-refractivity contribution in [2.75, 3.05) is 12.9 Å². The number of hydrogen-bond donors (Lipinski definition) is 0. The molecule has 1 aliphatic carbocycles. The largest absolute Gasteiger partial charge is 0.468 e. The van der Waals surface area contributed by atoms with Crippen molar-refractivity contribution < 1.29 is 14.3 Å². The molecule has 0 aliphatic heterocycles. The summed E-state index contributed by atoms with van der Waals surface area (Å²) in [5.41, 5.74) is 3.11. The fourth-order valence-electron chi connectivity index (χ4n) is 2.84. The van der Waals surface area contributed by atoms with Gasteiger partial charge in [-0.1, -0.05) is 36.4 Å². The smallest absolute Gasteiger partial charge is 0.315 e. The van der Waals surface area contributed by atoms with Gasteiger partial charge in [0.05, 0.1) is 12.9 Å². The summed E-state index contributed by atoms with van der Waals surface area (Å²) in [6.07, 6.45) is 2.48. The van der Waals surface area contributed by atoms with Gasteiger partial charge < -0.3 is 4.74 Å². The molecular formula is C18H16O3S.